The molecule has 1 N–H and O–H groups in total. The molecular formula is C12H12N2O3. The summed E-state index contributed by atoms with van der Waals surface area (Å²) in [4.78, 5) is 14.9. The van der Waals surface area contributed by atoms with Gasteiger partial charge in [-0.15, -0.1) is 0 Å². The predicted octanol–water partition coefficient (Wildman–Crippen LogP) is 1.79. The highest BCUT2D eigenvalue weighted by atomic mass is 16.5. The number of benzene rings is 1. The molecule has 1 aromatic carbocycles. The predicted molar refractivity (Wildman–Crippen MR) is 62.2 cm³/mol. The maximum Gasteiger partial charge on any atom is 0.356 e. The van der Waals surface area contributed by atoms with Crippen LogP contribution in [0.15, 0.2) is 30.6 Å². The molecule has 0 fully saturated rings. The highest BCUT2D eigenvalue weighted by Gasteiger charge is 2.16. The van der Waals surface area contributed by atoms with E-state index in [1.54, 1.807) is 30.9 Å². The lowest BCUT2D eigenvalue weighted by atomic mass is 10.1. The summed E-state index contributed by atoms with van der Waals surface area (Å²) in [6.45, 7) is 0. The molecule has 5 heteroatoms. The number of nitrogens with zero attached hydrogens (tertiary/aromatic N) is 2. The zero-order valence-corrected chi connectivity index (χ0v) is 9.54. The fraction of sp³-hybridized carbons (Fsp3) is 0.167. The normalized spacial score (nSPS) is 10.2. The first kappa shape index (κ1) is 11.2. The maximum atomic E-state index is 11.0. The molecular weight excluding hydrogens is 220 g/mol. The molecule has 1 heterocycles. The molecule has 0 spiro atoms. The molecule has 0 amide bonds. The molecule has 0 saturated heterocycles. The van der Waals surface area contributed by atoms with Gasteiger partial charge in [0.1, 0.15) is 5.75 Å². The van der Waals surface area contributed by atoms with Crippen LogP contribution in [-0.2, 0) is 7.05 Å². The smallest absolute Gasteiger partial charge is 0.356 e. The van der Waals surface area contributed by atoms with Crippen LogP contribution in [0.25, 0.3) is 11.3 Å². The van der Waals surface area contributed by atoms with Gasteiger partial charge in [0.25, 0.3) is 0 Å². The van der Waals surface area contributed by atoms with Gasteiger partial charge in [-0.2, -0.15) is 0 Å². The molecule has 0 atom stereocenters. The number of aromatic carboxylic acids is 1. The van der Waals surface area contributed by atoms with Crippen molar-refractivity contribution < 1.29 is 14.6 Å². The number of hydrogen-bond acceptors (Lipinski definition) is 3. The topological polar surface area (TPSA) is 64.3 Å². The van der Waals surface area contributed by atoms with Crippen molar-refractivity contribution in [1.29, 1.82) is 0 Å². The van der Waals surface area contributed by atoms with Gasteiger partial charge in [-0.25, -0.2) is 9.78 Å². The van der Waals surface area contributed by atoms with Crippen molar-refractivity contribution >= 4 is 5.97 Å². The van der Waals surface area contributed by atoms with Crippen LogP contribution in [0.2, 0.25) is 0 Å². The van der Waals surface area contributed by atoms with Gasteiger partial charge in [-0.3, -0.25) is 0 Å². The van der Waals surface area contributed by atoms with Crippen molar-refractivity contribution in [2.75, 3.05) is 7.11 Å². The van der Waals surface area contributed by atoms with Crippen LogP contribution in [0.1, 0.15) is 10.5 Å². The van der Waals surface area contributed by atoms with Gasteiger partial charge in [0.15, 0.2) is 5.69 Å². The number of rotatable bonds is 3. The molecule has 0 unspecified atom stereocenters. The minimum atomic E-state index is -1.03. The third-order valence-electron chi connectivity index (χ3n) is 2.50. The Balaban J connectivity index is 2.51. The third-order valence-corrected chi connectivity index (χ3v) is 2.50. The summed E-state index contributed by atoms with van der Waals surface area (Å²) in [5.74, 6) is -0.302. The summed E-state index contributed by atoms with van der Waals surface area (Å²) in [6.07, 6.45) is 1.49. The molecule has 2 rings (SSSR count). The van der Waals surface area contributed by atoms with Crippen LogP contribution in [0.4, 0.5) is 0 Å². The molecule has 17 heavy (non-hydrogen) atoms. The molecule has 1 aromatic heterocycles. The van der Waals surface area contributed by atoms with Crippen LogP contribution in [0.5, 0.6) is 5.75 Å². The Morgan fingerprint density at radius 3 is 2.53 bits per heavy atom. The fourth-order valence-electron chi connectivity index (χ4n) is 1.68. The van der Waals surface area contributed by atoms with E-state index in [0.717, 1.165) is 11.3 Å². The SMILES string of the molecule is COc1ccc(-c2c(C(=O)O)ncn2C)cc1. The average Bonchev–Trinajstić information content (AvgIpc) is 2.71. The van der Waals surface area contributed by atoms with E-state index in [1.165, 1.54) is 6.33 Å². The van der Waals surface area contributed by atoms with Crippen molar-refractivity contribution in [1.82, 2.24) is 9.55 Å². The Morgan fingerprint density at radius 1 is 1.35 bits per heavy atom. The molecule has 5 nitrogen and oxygen atoms in total. The van der Waals surface area contributed by atoms with Crippen LogP contribution in [-0.4, -0.2) is 27.7 Å². The quantitative estimate of drug-likeness (QED) is 0.876. The number of aryl methyl sites for hydroxylation is 1. The van der Waals surface area contributed by atoms with Crippen LogP contribution < -0.4 is 4.74 Å². The zero-order valence-electron chi connectivity index (χ0n) is 9.54. The Hall–Kier alpha value is -2.30. The van der Waals surface area contributed by atoms with Gasteiger partial charge < -0.3 is 14.4 Å². The van der Waals surface area contributed by atoms with Crippen molar-refractivity contribution in [3.05, 3.63) is 36.3 Å². The molecule has 0 aliphatic carbocycles. The highest BCUT2D eigenvalue weighted by Crippen LogP contribution is 2.24. The minimum absolute atomic E-state index is 0.0534. The number of imidazole rings is 1. The van der Waals surface area contributed by atoms with Gasteiger partial charge in [-0.1, -0.05) is 0 Å². The second-order valence-electron chi connectivity index (χ2n) is 3.59. The van der Waals surface area contributed by atoms with Gasteiger partial charge in [0.05, 0.1) is 19.1 Å². The second-order valence-corrected chi connectivity index (χ2v) is 3.59. The van der Waals surface area contributed by atoms with Gasteiger partial charge >= 0.3 is 5.97 Å². The van der Waals surface area contributed by atoms with E-state index in [2.05, 4.69) is 4.98 Å². The molecule has 88 valence electrons. The Kier molecular flexibility index (Phi) is 2.82. The molecule has 0 aliphatic rings. The zero-order chi connectivity index (χ0) is 12.4. The third kappa shape index (κ3) is 1.99. The molecule has 2 aromatic rings. The molecule has 0 saturated carbocycles. The maximum absolute atomic E-state index is 11.0. The fourth-order valence-corrected chi connectivity index (χ4v) is 1.68. The van der Waals surface area contributed by atoms with Crippen molar-refractivity contribution in [2.24, 2.45) is 7.05 Å². The summed E-state index contributed by atoms with van der Waals surface area (Å²) in [5, 5.41) is 9.04. The van der Waals surface area contributed by atoms with Crippen LogP contribution >= 0.6 is 0 Å². The number of carbonyl (C=O) groups is 1. The number of carboxylic acid groups (broad SMARTS) is 1. The van der Waals surface area contributed by atoms with E-state index in [4.69, 9.17) is 9.84 Å². The van der Waals surface area contributed by atoms with E-state index in [-0.39, 0.29) is 5.69 Å². The monoisotopic (exact) mass is 232 g/mol. The molecule has 0 radical (unpaired) electrons. The van der Waals surface area contributed by atoms with Gasteiger partial charge in [-0.05, 0) is 24.3 Å². The summed E-state index contributed by atoms with van der Waals surface area (Å²) in [7, 11) is 3.35. The van der Waals surface area contributed by atoms with Crippen LogP contribution in [0, 0.1) is 0 Å². The number of carboxylic acids is 1. The van der Waals surface area contributed by atoms with Crippen molar-refractivity contribution in [2.45, 2.75) is 0 Å². The van der Waals surface area contributed by atoms with E-state index < -0.39 is 5.97 Å². The molecule has 0 aliphatic heterocycles. The average molecular weight is 232 g/mol. The first-order valence-corrected chi connectivity index (χ1v) is 5.02. The summed E-state index contributed by atoms with van der Waals surface area (Å²) >= 11 is 0. The van der Waals surface area contributed by atoms with E-state index in [1.807, 2.05) is 12.1 Å². The molecule has 0 bridgehead atoms. The number of hydrogen-bond donors (Lipinski definition) is 1. The Bertz CT molecular complexity index is 543. The highest BCUT2D eigenvalue weighted by molar-refractivity contribution is 5.93. The summed E-state index contributed by atoms with van der Waals surface area (Å²) < 4.78 is 6.74. The second kappa shape index (κ2) is 4.29. The van der Waals surface area contributed by atoms with Gasteiger partial charge in [0, 0.05) is 12.6 Å². The summed E-state index contributed by atoms with van der Waals surface area (Å²) in [5.41, 5.74) is 1.43. The first-order valence-electron chi connectivity index (χ1n) is 5.02. The number of ether oxygens (including phenoxy) is 1. The summed E-state index contributed by atoms with van der Waals surface area (Å²) in [6, 6.07) is 7.19. The van der Waals surface area contributed by atoms with E-state index >= 15 is 0 Å². The van der Waals surface area contributed by atoms with Crippen molar-refractivity contribution in [3.63, 3.8) is 0 Å². The number of methoxy groups -OCH3 is 1. The lowest BCUT2D eigenvalue weighted by Crippen LogP contribution is -2.01. The van der Waals surface area contributed by atoms with Crippen molar-refractivity contribution in [3.8, 4) is 17.0 Å². The largest absolute Gasteiger partial charge is 0.497 e. The minimum Gasteiger partial charge on any atom is -0.497 e. The standard InChI is InChI=1S/C12H12N2O3/c1-14-7-13-10(12(15)16)11(14)8-3-5-9(17-2)6-4-8/h3-7H,1-2H3,(H,15,16). The lowest BCUT2D eigenvalue weighted by Gasteiger charge is -2.05. The first-order chi connectivity index (χ1) is 8.13. The Labute approximate surface area is 98.3 Å². The van der Waals surface area contributed by atoms with E-state index in [9.17, 15) is 4.79 Å². The van der Waals surface area contributed by atoms with E-state index in [0.29, 0.717) is 5.69 Å². The Morgan fingerprint density at radius 2 is 2.00 bits per heavy atom. The lowest BCUT2D eigenvalue weighted by molar-refractivity contribution is 0.0692. The van der Waals surface area contributed by atoms with Crippen LogP contribution in [0.3, 0.4) is 0 Å². The van der Waals surface area contributed by atoms with Gasteiger partial charge in [0.2, 0.25) is 0 Å². The number of aromatic nitrogens is 2.